The van der Waals surface area contributed by atoms with Crippen LogP contribution in [0.4, 0.5) is 11.4 Å². The molecule has 3 aromatic carbocycles. The molecule has 246 valence electrons. The average molecular weight is 649 g/mol. The normalized spacial score (nSPS) is 28.9. The molecule has 6 unspecified atom stereocenters. The zero-order valence-electron chi connectivity index (χ0n) is 28.6. The van der Waals surface area contributed by atoms with Gasteiger partial charge in [-0.15, -0.1) is 0 Å². The van der Waals surface area contributed by atoms with Crippen LogP contribution >= 0.6 is 0 Å². The second-order valence-corrected chi connectivity index (χ2v) is 14.9. The standard InChI is InChI=1S/C48H44N2/c1-3-11-33(12-4-1)35-19-25-39(26-20-35)49-46-18-10-8-16-42(46)44-31-37(24-30-47(44)49)38-23-29-43-41-15-7-9-17-45(41)50(48(43)32-38)40-27-21-36(22-28-40)34-13-5-2-6-14-34/h2-3,5-6,8-14,16-19,21-25,27-32,35,39,43-44,47-48H,1,4,7,15,20,26H2. The van der Waals surface area contributed by atoms with E-state index in [1.807, 2.05) is 0 Å². The summed E-state index contributed by atoms with van der Waals surface area (Å²) in [5.74, 6) is 1.33. The van der Waals surface area contributed by atoms with Crippen LogP contribution in [0.5, 0.6) is 0 Å². The monoisotopic (exact) mass is 648 g/mol. The first-order valence-electron chi connectivity index (χ1n) is 18.9. The minimum absolute atomic E-state index is 0.277. The van der Waals surface area contributed by atoms with Gasteiger partial charge in [-0.2, -0.15) is 0 Å². The minimum Gasteiger partial charge on any atom is -0.357 e. The van der Waals surface area contributed by atoms with Crippen molar-refractivity contribution < 1.29 is 0 Å². The Morgan fingerprint density at radius 1 is 0.580 bits per heavy atom. The second kappa shape index (κ2) is 12.4. The fourth-order valence-corrected chi connectivity index (χ4v) is 9.76. The summed E-state index contributed by atoms with van der Waals surface area (Å²) in [6, 6.07) is 30.2. The Balaban J connectivity index is 0.949. The van der Waals surface area contributed by atoms with Gasteiger partial charge in [-0.3, -0.25) is 0 Å². The quantitative estimate of drug-likeness (QED) is 0.254. The van der Waals surface area contributed by atoms with E-state index < -0.39 is 0 Å². The molecule has 0 spiro atoms. The van der Waals surface area contributed by atoms with Crippen molar-refractivity contribution in [2.75, 3.05) is 9.80 Å². The molecule has 0 N–H and O–H groups in total. The summed E-state index contributed by atoms with van der Waals surface area (Å²) in [6.07, 6.45) is 39.0. The van der Waals surface area contributed by atoms with E-state index in [9.17, 15) is 0 Å². The zero-order chi connectivity index (χ0) is 33.0. The molecular formula is C48H44N2. The highest BCUT2D eigenvalue weighted by molar-refractivity contribution is 5.72. The molecule has 0 radical (unpaired) electrons. The number of allylic oxidation sites excluding steroid dienone is 11. The van der Waals surface area contributed by atoms with Gasteiger partial charge in [0.1, 0.15) is 0 Å². The number of benzene rings is 3. The first-order valence-corrected chi connectivity index (χ1v) is 18.9. The van der Waals surface area contributed by atoms with E-state index in [4.69, 9.17) is 0 Å². The number of hydrogen-bond donors (Lipinski definition) is 0. The van der Waals surface area contributed by atoms with E-state index in [-0.39, 0.29) is 6.04 Å². The molecule has 0 fully saturated rings. The molecule has 0 saturated carbocycles. The van der Waals surface area contributed by atoms with E-state index in [0.29, 0.717) is 29.8 Å². The van der Waals surface area contributed by atoms with Gasteiger partial charge in [-0.1, -0.05) is 134 Å². The van der Waals surface area contributed by atoms with Crippen molar-refractivity contribution in [2.24, 2.45) is 11.8 Å². The summed E-state index contributed by atoms with van der Waals surface area (Å²) in [5.41, 5.74) is 13.9. The third kappa shape index (κ3) is 4.99. The van der Waals surface area contributed by atoms with E-state index in [1.54, 1.807) is 5.57 Å². The van der Waals surface area contributed by atoms with Crippen molar-refractivity contribution in [3.8, 4) is 11.1 Å². The number of fused-ring (bicyclic) bond motifs is 5. The lowest BCUT2D eigenvalue weighted by molar-refractivity contribution is 0.510. The highest BCUT2D eigenvalue weighted by atomic mass is 15.2. The molecule has 3 aromatic rings. The van der Waals surface area contributed by atoms with E-state index in [1.165, 1.54) is 76.2 Å². The molecule has 0 bridgehead atoms. The molecule has 10 rings (SSSR count). The Labute approximate surface area is 297 Å². The van der Waals surface area contributed by atoms with Crippen LogP contribution in [0.25, 0.3) is 11.1 Å². The molecule has 0 amide bonds. The van der Waals surface area contributed by atoms with Crippen molar-refractivity contribution >= 4 is 11.4 Å². The van der Waals surface area contributed by atoms with Crippen LogP contribution in [0.3, 0.4) is 0 Å². The Hall–Kier alpha value is -5.08. The largest absolute Gasteiger partial charge is 0.357 e. The maximum absolute atomic E-state index is 2.73. The van der Waals surface area contributed by atoms with Crippen molar-refractivity contribution in [3.63, 3.8) is 0 Å². The van der Waals surface area contributed by atoms with Gasteiger partial charge in [-0.25, -0.2) is 0 Å². The summed E-state index contributed by atoms with van der Waals surface area (Å²) in [4.78, 5) is 5.34. The maximum atomic E-state index is 2.73. The Bertz CT molecular complexity index is 2100. The van der Waals surface area contributed by atoms with Gasteiger partial charge >= 0.3 is 0 Å². The lowest BCUT2D eigenvalue weighted by Gasteiger charge is -2.38. The second-order valence-electron chi connectivity index (χ2n) is 14.9. The van der Waals surface area contributed by atoms with Crippen LogP contribution in [-0.4, -0.2) is 18.1 Å². The molecule has 0 saturated heterocycles. The molecule has 2 heteroatoms. The van der Waals surface area contributed by atoms with E-state index >= 15 is 0 Å². The van der Waals surface area contributed by atoms with Gasteiger partial charge in [-0.05, 0) is 102 Å². The van der Waals surface area contributed by atoms with E-state index in [0.717, 1.165) is 12.8 Å². The van der Waals surface area contributed by atoms with Crippen LogP contribution in [0, 0.1) is 11.8 Å². The molecule has 7 aliphatic rings. The van der Waals surface area contributed by atoms with Crippen LogP contribution < -0.4 is 9.80 Å². The molecule has 50 heavy (non-hydrogen) atoms. The zero-order valence-corrected chi connectivity index (χ0v) is 28.6. The Morgan fingerprint density at radius 2 is 1.38 bits per heavy atom. The number of anilines is 2. The summed E-state index contributed by atoms with van der Waals surface area (Å²) < 4.78 is 0. The molecule has 2 aliphatic heterocycles. The first kappa shape index (κ1) is 29.8. The van der Waals surface area contributed by atoms with Crippen LogP contribution in [0.15, 0.2) is 186 Å². The lowest BCUT2D eigenvalue weighted by Crippen LogP contribution is -2.42. The summed E-state index contributed by atoms with van der Waals surface area (Å²) in [5, 5.41) is 0. The van der Waals surface area contributed by atoms with Crippen LogP contribution in [0.1, 0.15) is 50.0 Å². The third-order valence-electron chi connectivity index (χ3n) is 12.2. The van der Waals surface area contributed by atoms with Gasteiger partial charge in [0.25, 0.3) is 0 Å². The SMILES string of the molecule is C1=CC(C2C=CC(N3c4ccccc4C4C=C(C5=CC6C(C=C5)C5=C(C=CCC5)N6c5ccc(-c6ccccc6)cc5)C=CC43)CC2)=CCC1. The number of hydrogen-bond acceptors (Lipinski definition) is 2. The van der Waals surface area contributed by atoms with Gasteiger partial charge in [0, 0.05) is 40.9 Å². The molecule has 2 heterocycles. The van der Waals surface area contributed by atoms with Crippen molar-refractivity contribution in [1.82, 2.24) is 0 Å². The molecule has 6 atom stereocenters. The predicted molar refractivity (Wildman–Crippen MR) is 209 cm³/mol. The van der Waals surface area contributed by atoms with Crippen molar-refractivity contribution in [2.45, 2.75) is 62.6 Å². The lowest BCUT2D eigenvalue weighted by atomic mass is 9.80. The van der Waals surface area contributed by atoms with Gasteiger partial charge in [0.2, 0.25) is 0 Å². The Morgan fingerprint density at radius 3 is 2.22 bits per heavy atom. The van der Waals surface area contributed by atoms with Crippen LogP contribution in [0.2, 0.25) is 0 Å². The van der Waals surface area contributed by atoms with Gasteiger partial charge in [0.05, 0.1) is 12.1 Å². The molecule has 5 aliphatic carbocycles. The van der Waals surface area contributed by atoms with E-state index in [2.05, 4.69) is 168 Å². The minimum atomic E-state index is 0.277. The maximum Gasteiger partial charge on any atom is 0.0632 e. The van der Waals surface area contributed by atoms with Crippen molar-refractivity contribution in [1.29, 1.82) is 0 Å². The Kier molecular flexibility index (Phi) is 7.36. The summed E-state index contributed by atoms with van der Waals surface area (Å²) in [6.45, 7) is 0. The first-order chi connectivity index (χ1) is 24.8. The summed E-state index contributed by atoms with van der Waals surface area (Å²) in [7, 11) is 0. The van der Waals surface area contributed by atoms with Gasteiger partial charge < -0.3 is 9.80 Å². The van der Waals surface area contributed by atoms with Crippen molar-refractivity contribution in [3.05, 3.63) is 191 Å². The highest BCUT2D eigenvalue weighted by Crippen LogP contribution is 2.50. The smallest absolute Gasteiger partial charge is 0.0632 e. The predicted octanol–water partition coefficient (Wildman–Crippen LogP) is 11.3. The summed E-state index contributed by atoms with van der Waals surface area (Å²) >= 11 is 0. The van der Waals surface area contributed by atoms with Gasteiger partial charge in [0.15, 0.2) is 0 Å². The highest BCUT2D eigenvalue weighted by Gasteiger charge is 2.43. The number of rotatable bonds is 5. The average Bonchev–Trinajstić information content (AvgIpc) is 3.71. The number of para-hydroxylation sites is 1. The molecule has 0 aromatic heterocycles. The molecular weight excluding hydrogens is 605 g/mol. The fourth-order valence-electron chi connectivity index (χ4n) is 9.76. The molecule has 2 nitrogen and oxygen atoms in total. The third-order valence-corrected chi connectivity index (χ3v) is 12.2. The topological polar surface area (TPSA) is 6.48 Å². The van der Waals surface area contributed by atoms with Crippen LogP contribution in [-0.2, 0) is 0 Å². The number of nitrogens with zero attached hydrogens (tertiary/aromatic N) is 2. The fraction of sp³-hybridized carbons (Fsp3) is 0.250.